The Hall–Kier alpha value is -2.06. The number of benzene rings is 1. The van der Waals surface area contributed by atoms with E-state index < -0.39 is 6.04 Å². The minimum absolute atomic E-state index is 0.0249. The summed E-state index contributed by atoms with van der Waals surface area (Å²) in [7, 11) is 0. The number of nitriles is 1. The zero-order valence-corrected chi connectivity index (χ0v) is 10.5. The minimum atomic E-state index is -0.548. The highest BCUT2D eigenvalue weighted by molar-refractivity contribution is 5.94. The summed E-state index contributed by atoms with van der Waals surface area (Å²) in [5, 5.41) is 11.1. The van der Waals surface area contributed by atoms with Gasteiger partial charge in [-0.15, -0.1) is 0 Å². The monoisotopic (exact) mass is 247 g/mol. The minimum Gasteiger partial charge on any atom is -0.479 e. The average molecular weight is 247 g/mol. The van der Waals surface area contributed by atoms with Crippen LogP contribution in [0.3, 0.4) is 0 Å². The number of nitrogens with one attached hydrogen (secondary N) is 1. The van der Waals surface area contributed by atoms with Crippen molar-refractivity contribution in [3.8, 4) is 11.8 Å². The molecule has 0 saturated heterocycles. The average Bonchev–Trinajstić information content (AvgIpc) is 2.35. The molecule has 1 aromatic carbocycles. The molecule has 1 rings (SSSR count). The molecular weight excluding hydrogens is 230 g/mol. The molecule has 0 aromatic heterocycles. The van der Waals surface area contributed by atoms with E-state index in [0.717, 1.165) is 0 Å². The van der Waals surface area contributed by atoms with E-state index in [1.54, 1.807) is 24.3 Å². The smallest absolute Gasteiger partial charge is 0.241 e. The van der Waals surface area contributed by atoms with Crippen LogP contribution >= 0.6 is 0 Å². The molecule has 1 unspecified atom stereocenters. The molecule has 1 amide bonds. The molecule has 96 valence electrons. The third-order valence-electron chi connectivity index (χ3n) is 2.43. The van der Waals surface area contributed by atoms with Crippen molar-refractivity contribution in [1.29, 1.82) is 5.26 Å². The van der Waals surface area contributed by atoms with E-state index in [0.29, 0.717) is 11.4 Å². The lowest BCUT2D eigenvalue weighted by Crippen LogP contribution is -2.39. The lowest BCUT2D eigenvalue weighted by Gasteiger charge is -2.15. The van der Waals surface area contributed by atoms with Crippen LogP contribution in [0, 0.1) is 17.2 Å². The predicted molar refractivity (Wildman–Crippen MR) is 69.0 cm³/mol. The van der Waals surface area contributed by atoms with Gasteiger partial charge < -0.3 is 15.8 Å². The number of hydrogen-bond donors (Lipinski definition) is 2. The molecule has 3 N–H and O–H groups in total. The molecule has 0 fully saturated rings. The normalized spacial score (nSPS) is 11.7. The Morgan fingerprint density at radius 2 is 2.28 bits per heavy atom. The van der Waals surface area contributed by atoms with E-state index in [2.05, 4.69) is 5.32 Å². The summed E-state index contributed by atoms with van der Waals surface area (Å²) in [6.45, 7) is 3.75. The summed E-state index contributed by atoms with van der Waals surface area (Å²) in [6.07, 6.45) is 0. The molecule has 1 aromatic rings. The molecule has 0 spiro atoms. The van der Waals surface area contributed by atoms with Crippen LogP contribution in [0.5, 0.6) is 5.75 Å². The molecule has 5 heteroatoms. The van der Waals surface area contributed by atoms with Crippen LogP contribution in [-0.2, 0) is 4.79 Å². The van der Waals surface area contributed by atoms with Crippen molar-refractivity contribution in [3.63, 3.8) is 0 Å². The summed E-state index contributed by atoms with van der Waals surface area (Å²) in [6, 6.07) is 8.18. The number of nitrogens with two attached hydrogens (primary N) is 1. The predicted octanol–water partition coefficient (Wildman–Crippen LogP) is 1.51. The Bertz CT molecular complexity index is 452. The molecular formula is C13H17N3O2. The van der Waals surface area contributed by atoms with Gasteiger partial charge in [0.15, 0.2) is 6.61 Å². The zero-order chi connectivity index (χ0) is 13.5. The van der Waals surface area contributed by atoms with Crippen molar-refractivity contribution in [3.05, 3.63) is 24.3 Å². The SMILES string of the molecule is CC(C)C(N)C(=O)Nc1cccc(OCC#N)c1. The van der Waals surface area contributed by atoms with Crippen LogP contribution in [0.2, 0.25) is 0 Å². The van der Waals surface area contributed by atoms with E-state index in [1.807, 2.05) is 19.9 Å². The van der Waals surface area contributed by atoms with Crippen molar-refractivity contribution in [2.45, 2.75) is 19.9 Å². The van der Waals surface area contributed by atoms with Crippen LogP contribution in [0.4, 0.5) is 5.69 Å². The maximum absolute atomic E-state index is 11.7. The largest absolute Gasteiger partial charge is 0.479 e. The first-order chi connectivity index (χ1) is 8.54. The molecule has 0 aliphatic heterocycles. The van der Waals surface area contributed by atoms with Crippen LogP contribution in [0.15, 0.2) is 24.3 Å². The summed E-state index contributed by atoms with van der Waals surface area (Å²) in [5.74, 6) is 0.373. The third kappa shape index (κ3) is 4.07. The van der Waals surface area contributed by atoms with Crippen molar-refractivity contribution in [1.82, 2.24) is 0 Å². The van der Waals surface area contributed by atoms with Gasteiger partial charge in [-0.25, -0.2) is 0 Å². The van der Waals surface area contributed by atoms with E-state index in [-0.39, 0.29) is 18.4 Å². The van der Waals surface area contributed by atoms with Gasteiger partial charge in [0.2, 0.25) is 5.91 Å². The van der Waals surface area contributed by atoms with Gasteiger partial charge in [-0.2, -0.15) is 5.26 Å². The van der Waals surface area contributed by atoms with Gasteiger partial charge in [0.05, 0.1) is 6.04 Å². The van der Waals surface area contributed by atoms with Gasteiger partial charge in [0, 0.05) is 11.8 Å². The van der Waals surface area contributed by atoms with E-state index in [9.17, 15) is 4.79 Å². The van der Waals surface area contributed by atoms with Crippen molar-refractivity contribution in [2.75, 3.05) is 11.9 Å². The molecule has 1 atom stereocenters. The van der Waals surface area contributed by atoms with Crippen LogP contribution < -0.4 is 15.8 Å². The highest BCUT2D eigenvalue weighted by Gasteiger charge is 2.17. The second-order valence-electron chi connectivity index (χ2n) is 4.23. The van der Waals surface area contributed by atoms with Gasteiger partial charge >= 0.3 is 0 Å². The molecule has 0 radical (unpaired) electrons. The Morgan fingerprint density at radius 3 is 2.89 bits per heavy atom. The molecule has 18 heavy (non-hydrogen) atoms. The Kier molecular flexibility index (Phi) is 5.15. The molecule has 5 nitrogen and oxygen atoms in total. The maximum Gasteiger partial charge on any atom is 0.241 e. The molecule has 0 heterocycles. The summed E-state index contributed by atoms with van der Waals surface area (Å²) in [5.41, 5.74) is 6.34. The van der Waals surface area contributed by atoms with Gasteiger partial charge in [-0.1, -0.05) is 19.9 Å². The highest BCUT2D eigenvalue weighted by Crippen LogP contribution is 2.17. The zero-order valence-electron chi connectivity index (χ0n) is 10.5. The second kappa shape index (κ2) is 6.62. The van der Waals surface area contributed by atoms with Gasteiger partial charge in [0.1, 0.15) is 11.8 Å². The van der Waals surface area contributed by atoms with E-state index >= 15 is 0 Å². The second-order valence-corrected chi connectivity index (χ2v) is 4.23. The Morgan fingerprint density at radius 1 is 1.56 bits per heavy atom. The quantitative estimate of drug-likeness (QED) is 0.825. The number of amides is 1. The lowest BCUT2D eigenvalue weighted by molar-refractivity contribution is -0.118. The number of ether oxygens (including phenoxy) is 1. The van der Waals surface area contributed by atoms with Crippen molar-refractivity contribution >= 4 is 11.6 Å². The van der Waals surface area contributed by atoms with Gasteiger partial charge in [-0.05, 0) is 18.1 Å². The van der Waals surface area contributed by atoms with Crippen molar-refractivity contribution < 1.29 is 9.53 Å². The summed E-state index contributed by atoms with van der Waals surface area (Å²) in [4.78, 5) is 11.7. The first-order valence-corrected chi connectivity index (χ1v) is 5.71. The molecule has 0 aliphatic carbocycles. The number of rotatable bonds is 5. The van der Waals surface area contributed by atoms with Crippen LogP contribution in [0.25, 0.3) is 0 Å². The standard InChI is InChI=1S/C13H17N3O2/c1-9(2)12(15)13(17)16-10-4-3-5-11(8-10)18-7-6-14/h3-5,8-9,12H,7,15H2,1-2H3,(H,16,17). The fourth-order valence-corrected chi connectivity index (χ4v) is 1.31. The van der Waals surface area contributed by atoms with E-state index in [4.69, 9.17) is 15.7 Å². The fourth-order valence-electron chi connectivity index (χ4n) is 1.31. The number of anilines is 1. The topological polar surface area (TPSA) is 88.1 Å². The number of nitrogens with zero attached hydrogens (tertiary/aromatic N) is 1. The first-order valence-electron chi connectivity index (χ1n) is 5.71. The number of carbonyl (C=O) groups is 1. The molecule has 0 bridgehead atoms. The van der Waals surface area contributed by atoms with E-state index in [1.165, 1.54) is 0 Å². The van der Waals surface area contributed by atoms with Gasteiger partial charge in [0.25, 0.3) is 0 Å². The highest BCUT2D eigenvalue weighted by atomic mass is 16.5. The first kappa shape index (κ1) is 14.0. The third-order valence-corrected chi connectivity index (χ3v) is 2.43. The Balaban J connectivity index is 2.67. The number of hydrogen-bond acceptors (Lipinski definition) is 4. The van der Waals surface area contributed by atoms with Crippen molar-refractivity contribution in [2.24, 2.45) is 11.7 Å². The molecule has 0 saturated carbocycles. The summed E-state index contributed by atoms with van der Waals surface area (Å²) < 4.78 is 5.14. The van der Waals surface area contributed by atoms with Gasteiger partial charge in [-0.3, -0.25) is 4.79 Å². The molecule has 0 aliphatic rings. The Labute approximate surface area is 107 Å². The summed E-state index contributed by atoms with van der Waals surface area (Å²) >= 11 is 0. The van der Waals surface area contributed by atoms with Crippen LogP contribution in [-0.4, -0.2) is 18.6 Å². The fraction of sp³-hybridized carbons (Fsp3) is 0.385. The lowest BCUT2D eigenvalue weighted by atomic mass is 10.0. The number of carbonyl (C=O) groups excluding carboxylic acids is 1. The van der Waals surface area contributed by atoms with Crippen LogP contribution in [0.1, 0.15) is 13.8 Å². The maximum atomic E-state index is 11.7.